The van der Waals surface area contributed by atoms with Gasteiger partial charge in [-0.3, -0.25) is 14.6 Å². The molecule has 5 rings (SSSR count). The number of thiophene rings is 1. The minimum absolute atomic E-state index is 0.137. The number of rotatable bonds is 6. The minimum atomic E-state index is -0.279. The molecule has 7 nitrogen and oxygen atoms in total. The van der Waals surface area contributed by atoms with Crippen molar-refractivity contribution in [2.24, 2.45) is 0 Å². The summed E-state index contributed by atoms with van der Waals surface area (Å²) in [5, 5.41) is 9.52. The van der Waals surface area contributed by atoms with E-state index < -0.39 is 0 Å². The first-order chi connectivity index (χ1) is 14.7. The second-order valence-corrected chi connectivity index (χ2v) is 8.30. The van der Waals surface area contributed by atoms with Crippen molar-refractivity contribution in [1.29, 1.82) is 0 Å². The molecule has 0 atom stereocenters. The molecule has 1 saturated carbocycles. The molecule has 2 N–H and O–H groups in total. The molecule has 0 bridgehead atoms. The standard InChI is InChI=1S/C22H19N5O2S/c28-20(11-16-7-4-10-30-16)24-19-12-18(15-8-9-15)26-27(19)22-23-17(13-21(29)25-22)14-5-2-1-3-6-14/h1-7,10,12-13,15H,8-9,11H2,(H,24,28)(H,23,25,29). The van der Waals surface area contributed by atoms with Gasteiger partial charge in [0.25, 0.3) is 5.56 Å². The summed E-state index contributed by atoms with van der Waals surface area (Å²) in [4.78, 5) is 33.3. The van der Waals surface area contributed by atoms with Crippen LogP contribution >= 0.6 is 11.3 Å². The third kappa shape index (κ3) is 3.95. The molecule has 0 aliphatic heterocycles. The van der Waals surface area contributed by atoms with E-state index in [1.165, 1.54) is 10.7 Å². The highest BCUT2D eigenvalue weighted by molar-refractivity contribution is 7.10. The van der Waals surface area contributed by atoms with Gasteiger partial charge in [-0.1, -0.05) is 36.4 Å². The first kappa shape index (κ1) is 18.5. The summed E-state index contributed by atoms with van der Waals surface area (Å²) in [5.74, 6) is 1.04. The van der Waals surface area contributed by atoms with Crippen LogP contribution in [0, 0.1) is 0 Å². The van der Waals surface area contributed by atoms with E-state index in [-0.39, 0.29) is 23.8 Å². The topological polar surface area (TPSA) is 92.7 Å². The van der Waals surface area contributed by atoms with Gasteiger partial charge in [0.15, 0.2) is 0 Å². The number of anilines is 1. The van der Waals surface area contributed by atoms with Gasteiger partial charge in [-0.2, -0.15) is 9.78 Å². The maximum Gasteiger partial charge on any atom is 0.252 e. The van der Waals surface area contributed by atoms with E-state index >= 15 is 0 Å². The highest BCUT2D eigenvalue weighted by Gasteiger charge is 2.28. The molecule has 1 aliphatic carbocycles. The van der Waals surface area contributed by atoms with Gasteiger partial charge < -0.3 is 5.32 Å². The Morgan fingerprint density at radius 1 is 1.17 bits per heavy atom. The SMILES string of the molecule is O=C(Cc1cccs1)Nc1cc(C2CC2)nn1-c1nc(-c2ccccc2)cc(=O)[nH]1. The van der Waals surface area contributed by atoms with Gasteiger partial charge in [0, 0.05) is 28.5 Å². The van der Waals surface area contributed by atoms with Crippen LogP contribution in [-0.2, 0) is 11.2 Å². The highest BCUT2D eigenvalue weighted by atomic mass is 32.1. The van der Waals surface area contributed by atoms with Crippen LogP contribution in [0.15, 0.2) is 64.8 Å². The van der Waals surface area contributed by atoms with Gasteiger partial charge in [-0.25, -0.2) is 4.98 Å². The Morgan fingerprint density at radius 2 is 2.00 bits per heavy atom. The van der Waals surface area contributed by atoms with E-state index in [1.807, 2.05) is 53.9 Å². The number of nitrogens with one attached hydrogen (secondary N) is 2. The molecule has 0 radical (unpaired) electrons. The Kier molecular flexibility index (Phi) is 4.76. The number of amides is 1. The van der Waals surface area contributed by atoms with Crippen LogP contribution in [-0.4, -0.2) is 25.7 Å². The van der Waals surface area contributed by atoms with E-state index in [9.17, 15) is 9.59 Å². The fourth-order valence-corrected chi connectivity index (χ4v) is 3.99. The maximum absolute atomic E-state index is 12.6. The summed E-state index contributed by atoms with van der Waals surface area (Å²) in [7, 11) is 0. The van der Waals surface area contributed by atoms with Gasteiger partial charge >= 0.3 is 0 Å². The highest BCUT2D eigenvalue weighted by Crippen LogP contribution is 2.40. The Morgan fingerprint density at radius 3 is 2.73 bits per heavy atom. The molecule has 3 heterocycles. The third-order valence-electron chi connectivity index (χ3n) is 4.91. The Bertz CT molecular complexity index is 1240. The zero-order chi connectivity index (χ0) is 20.5. The molecule has 1 fully saturated rings. The van der Waals surface area contributed by atoms with Crippen molar-refractivity contribution in [3.05, 3.63) is 80.9 Å². The summed E-state index contributed by atoms with van der Waals surface area (Å²) in [6.45, 7) is 0. The van der Waals surface area contributed by atoms with E-state index in [0.717, 1.165) is 29.0 Å². The van der Waals surface area contributed by atoms with Crippen LogP contribution in [0.4, 0.5) is 5.82 Å². The van der Waals surface area contributed by atoms with E-state index in [0.29, 0.717) is 17.4 Å². The summed E-state index contributed by atoms with van der Waals surface area (Å²) in [6, 6.07) is 16.7. The zero-order valence-corrected chi connectivity index (χ0v) is 16.9. The van der Waals surface area contributed by atoms with E-state index in [2.05, 4.69) is 20.4 Å². The second-order valence-electron chi connectivity index (χ2n) is 7.27. The monoisotopic (exact) mass is 417 g/mol. The smallest absolute Gasteiger partial charge is 0.252 e. The average molecular weight is 417 g/mol. The molecule has 1 amide bonds. The molecule has 150 valence electrons. The molecule has 3 aromatic heterocycles. The molecular formula is C22H19N5O2S. The number of aromatic amines is 1. The van der Waals surface area contributed by atoms with E-state index in [4.69, 9.17) is 0 Å². The summed E-state index contributed by atoms with van der Waals surface area (Å²) in [6.07, 6.45) is 2.44. The predicted molar refractivity (Wildman–Crippen MR) is 116 cm³/mol. The Hall–Kier alpha value is -3.52. The van der Waals surface area contributed by atoms with Crippen molar-refractivity contribution < 1.29 is 4.79 Å². The first-order valence-corrected chi connectivity index (χ1v) is 10.6. The molecule has 0 spiro atoms. The number of carbonyl (C=O) groups excluding carboxylic acids is 1. The average Bonchev–Trinajstić information content (AvgIpc) is 3.32. The molecule has 30 heavy (non-hydrogen) atoms. The van der Waals surface area contributed by atoms with Gasteiger partial charge in [0.2, 0.25) is 11.9 Å². The van der Waals surface area contributed by atoms with Crippen LogP contribution in [0.2, 0.25) is 0 Å². The number of benzene rings is 1. The lowest BCUT2D eigenvalue weighted by molar-refractivity contribution is -0.115. The van der Waals surface area contributed by atoms with Gasteiger partial charge in [-0.05, 0) is 24.3 Å². The number of hydrogen-bond acceptors (Lipinski definition) is 5. The van der Waals surface area contributed by atoms with Gasteiger partial charge in [-0.15, -0.1) is 11.3 Å². The molecule has 8 heteroatoms. The summed E-state index contributed by atoms with van der Waals surface area (Å²) < 4.78 is 1.52. The van der Waals surface area contributed by atoms with Crippen molar-refractivity contribution in [1.82, 2.24) is 19.7 Å². The van der Waals surface area contributed by atoms with Gasteiger partial charge in [0.05, 0.1) is 17.8 Å². The molecular weight excluding hydrogens is 398 g/mol. The van der Waals surface area contributed by atoms with Crippen molar-refractivity contribution in [2.75, 3.05) is 5.32 Å². The largest absolute Gasteiger partial charge is 0.310 e. The van der Waals surface area contributed by atoms with Crippen LogP contribution in [0.25, 0.3) is 17.2 Å². The Balaban J connectivity index is 1.51. The van der Waals surface area contributed by atoms with Crippen molar-refractivity contribution in [3.63, 3.8) is 0 Å². The van der Waals surface area contributed by atoms with Gasteiger partial charge in [0.1, 0.15) is 5.82 Å². The summed E-state index contributed by atoms with van der Waals surface area (Å²) >= 11 is 1.54. The molecule has 0 unspecified atom stereocenters. The van der Waals surface area contributed by atoms with Crippen LogP contribution < -0.4 is 10.9 Å². The van der Waals surface area contributed by atoms with Crippen molar-refractivity contribution in [3.8, 4) is 17.2 Å². The van der Waals surface area contributed by atoms with E-state index in [1.54, 1.807) is 11.3 Å². The molecule has 1 aromatic carbocycles. The summed E-state index contributed by atoms with van der Waals surface area (Å²) in [5.41, 5.74) is 2.00. The third-order valence-corrected chi connectivity index (χ3v) is 5.78. The van der Waals surface area contributed by atoms with Crippen LogP contribution in [0.5, 0.6) is 0 Å². The molecule has 1 aliphatic rings. The number of H-pyrrole nitrogens is 1. The lowest BCUT2D eigenvalue weighted by Gasteiger charge is -2.09. The molecule has 4 aromatic rings. The first-order valence-electron chi connectivity index (χ1n) is 9.75. The Labute approximate surface area is 176 Å². The number of carbonyl (C=O) groups is 1. The lowest BCUT2D eigenvalue weighted by atomic mass is 10.1. The number of hydrogen-bond donors (Lipinski definition) is 2. The predicted octanol–water partition coefficient (Wildman–Crippen LogP) is 3.74. The van der Waals surface area contributed by atoms with Crippen LogP contribution in [0.1, 0.15) is 29.3 Å². The van der Waals surface area contributed by atoms with Crippen molar-refractivity contribution >= 4 is 23.1 Å². The number of nitrogens with zero attached hydrogens (tertiary/aromatic N) is 3. The fourth-order valence-electron chi connectivity index (χ4n) is 3.29. The quantitative estimate of drug-likeness (QED) is 0.500. The second kappa shape index (κ2) is 7.72. The zero-order valence-electron chi connectivity index (χ0n) is 16.0. The maximum atomic E-state index is 12.6. The minimum Gasteiger partial charge on any atom is -0.310 e. The van der Waals surface area contributed by atoms with Crippen molar-refractivity contribution in [2.45, 2.75) is 25.2 Å². The number of aromatic nitrogens is 4. The fraction of sp³-hybridized carbons (Fsp3) is 0.182. The lowest BCUT2D eigenvalue weighted by Crippen LogP contribution is -2.19. The normalized spacial score (nSPS) is 13.3. The van der Waals surface area contributed by atoms with Crippen LogP contribution in [0.3, 0.4) is 0 Å². The molecule has 0 saturated heterocycles.